The molecule has 1 aliphatic rings. The minimum Gasteiger partial charge on any atom is -0.399 e. The Bertz CT molecular complexity index is 344. The lowest BCUT2D eigenvalue weighted by Crippen LogP contribution is -2.00. The van der Waals surface area contributed by atoms with Gasteiger partial charge in [-0.15, -0.1) is 0 Å². The van der Waals surface area contributed by atoms with E-state index in [1.807, 2.05) is 61.7 Å². The first-order valence-corrected chi connectivity index (χ1v) is 5.11. The maximum Gasteiger partial charge on any atom is 0.0279 e. The van der Waals surface area contributed by atoms with E-state index in [0.29, 0.717) is 0 Å². The van der Waals surface area contributed by atoms with Crippen LogP contribution in [0, 0.1) is 0 Å². The molecule has 0 unspecified atom stereocenters. The molecular weight excluding hydrogens is 184 g/mol. The summed E-state index contributed by atoms with van der Waals surface area (Å²) in [6.45, 7) is 4.04. The van der Waals surface area contributed by atoms with Gasteiger partial charge in [-0.3, -0.25) is 0 Å². The Kier molecular flexibility index (Phi) is 4.48. The number of hydrogen-bond donors (Lipinski definition) is 1. The number of hydrogen-bond acceptors (Lipinski definition) is 2. The molecule has 2 nitrogen and oxygen atoms in total. The molecule has 2 N–H and O–H groups in total. The number of nitrogens with two attached hydrogens (primary N) is 1. The second-order valence-electron chi connectivity index (χ2n) is 3.46. The molecule has 0 aromatic heterocycles. The highest BCUT2D eigenvalue weighted by Gasteiger charge is 1.91. The van der Waals surface area contributed by atoms with E-state index in [0.717, 1.165) is 17.7 Å². The van der Waals surface area contributed by atoms with Crippen molar-refractivity contribution in [3.05, 3.63) is 60.3 Å². The van der Waals surface area contributed by atoms with E-state index >= 15 is 0 Å². The molecule has 0 aliphatic carbocycles. The fraction of sp³-hybridized carbons (Fsp3) is 0.231. The van der Waals surface area contributed by atoms with E-state index in [1.165, 1.54) is 0 Å². The van der Waals surface area contributed by atoms with Gasteiger partial charge in [0.2, 0.25) is 0 Å². The molecule has 15 heavy (non-hydrogen) atoms. The molecule has 0 saturated heterocycles. The van der Waals surface area contributed by atoms with Crippen molar-refractivity contribution in [1.82, 2.24) is 4.90 Å². The predicted octanol–water partition coefficient (Wildman–Crippen LogP) is 3.04. The predicted molar refractivity (Wildman–Crippen MR) is 65.6 cm³/mol. The lowest BCUT2D eigenvalue weighted by Gasteiger charge is -2.09. The van der Waals surface area contributed by atoms with Crippen molar-refractivity contribution in [2.45, 2.75) is 20.3 Å². The van der Waals surface area contributed by atoms with Crippen LogP contribution in [0.3, 0.4) is 0 Å². The summed E-state index contributed by atoms with van der Waals surface area (Å²) in [7, 11) is 0. The van der Waals surface area contributed by atoms with Crippen molar-refractivity contribution < 1.29 is 0 Å². The molecule has 0 atom stereocenters. The molecule has 0 spiro atoms. The Hall–Kier alpha value is -1.70. The largest absolute Gasteiger partial charge is 0.399 e. The molecule has 2 heteroatoms. The summed E-state index contributed by atoms with van der Waals surface area (Å²) in [5.41, 5.74) is 7.77. The van der Waals surface area contributed by atoms with Crippen molar-refractivity contribution in [2.24, 2.45) is 5.73 Å². The lowest BCUT2D eigenvalue weighted by atomic mass is 10.2. The summed E-state index contributed by atoms with van der Waals surface area (Å²) in [6.07, 6.45) is 17.0. The Balaban J connectivity index is 2.88. The molecule has 1 aliphatic heterocycles. The van der Waals surface area contributed by atoms with Gasteiger partial charge in [0.1, 0.15) is 0 Å². The SMILES string of the molecule is C/C=C/N1/C=C\C(C)=C\C(N)=CC/C=C/1. The van der Waals surface area contributed by atoms with Gasteiger partial charge in [-0.25, -0.2) is 0 Å². The van der Waals surface area contributed by atoms with Gasteiger partial charge >= 0.3 is 0 Å². The van der Waals surface area contributed by atoms with Gasteiger partial charge in [-0.1, -0.05) is 18.2 Å². The van der Waals surface area contributed by atoms with Crippen molar-refractivity contribution in [3.63, 3.8) is 0 Å². The number of rotatable bonds is 1. The van der Waals surface area contributed by atoms with Crippen molar-refractivity contribution >= 4 is 0 Å². The van der Waals surface area contributed by atoms with E-state index in [9.17, 15) is 0 Å². The molecule has 0 aromatic rings. The van der Waals surface area contributed by atoms with Crippen LogP contribution in [0.25, 0.3) is 0 Å². The standard InChI is InChI=1S/C13H18N2/c1-3-8-15-9-5-4-6-13(14)11-12(2)7-10-15/h3,5-11H,4,14H2,1-2H3/b8-3+,9-5+,10-7-,12-11+,13-6?. The summed E-state index contributed by atoms with van der Waals surface area (Å²) < 4.78 is 0. The first kappa shape index (κ1) is 11.4. The summed E-state index contributed by atoms with van der Waals surface area (Å²) >= 11 is 0. The van der Waals surface area contributed by atoms with E-state index in [2.05, 4.69) is 6.08 Å². The van der Waals surface area contributed by atoms with Crippen LogP contribution in [0.4, 0.5) is 0 Å². The molecule has 0 aromatic carbocycles. The van der Waals surface area contributed by atoms with E-state index in [-0.39, 0.29) is 0 Å². The Labute approximate surface area is 91.8 Å². The molecule has 1 heterocycles. The first-order chi connectivity index (χ1) is 7.22. The third-order valence-corrected chi connectivity index (χ3v) is 1.99. The Morgan fingerprint density at radius 2 is 2.20 bits per heavy atom. The fourth-order valence-corrected chi connectivity index (χ4v) is 1.28. The molecule has 0 saturated carbocycles. The topological polar surface area (TPSA) is 29.3 Å². The third kappa shape index (κ3) is 4.36. The molecule has 0 bridgehead atoms. The summed E-state index contributed by atoms with van der Waals surface area (Å²) in [5.74, 6) is 0. The van der Waals surface area contributed by atoms with E-state index in [1.54, 1.807) is 0 Å². The Morgan fingerprint density at radius 1 is 1.40 bits per heavy atom. The van der Waals surface area contributed by atoms with Crippen molar-refractivity contribution in [2.75, 3.05) is 0 Å². The normalized spacial score (nSPS) is 25.6. The zero-order chi connectivity index (χ0) is 11.1. The van der Waals surface area contributed by atoms with Crippen LogP contribution >= 0.6 is 0 Å². The molecule has 0 fully saturated rings. The van der Waals surface area contributed by atoms with Gasteiger partial charge in [-0.2, -0.15) is 0 Å². The molecular formula is C13H18N2. The van der Waals surface area contributed by atoms with E-state index in [4.69, 9.17) is 5.73 Å². The van der Waals surface area contributed by atoms with Crippen LogP contribution in [-0.4, -0.2) is 4.90 Å². The van der Waals surface area contributed by atoms with Crippen LogP contribution < -0.4 is 5.73 Å². The highest BCUT2D eigenvalue weighted by Crippen LogP contribution is 2.05. The molecule has 0 amide bonds. The van der Waals surface area contributed by atoms with Gasteiger partial charge < -0.3 is 10.6 Å². The van der Waals surface area contributed by atoms with Gasteiger partial charge in [0, 0.05) is 24.3 Å². The number of allylic oxidation sites excluding steroid dienone is 6. The van der Waals surface area contributed by atoms with E-state index < -0.39 is 0 Å². The zero-order valence-electron chi connectivity index (χ0n) is 9.35. The van der Waals surface area contributed by atoms with Crippen LogP contribution in [-0.2, 0) is 0 Å². The summed E-state index contributed by atoms with van der Waals surface area (Å²) in [6, 6.07) is 0. The van der Waals surface area contributed by atoms with Crippen LogP contribution in [0.1, 0.15) is 20.3 Å². The highest BCUT2D eigenvalue weighted by molar-refractivity contribution is 5.28. The van der Waals surface area contributed by atoms with Gasteiger partial charge in [0.25, 0.3) is 0 Å². The monoisotopic (exact) mass is 202 g/mol. The highest BCUT2D eigenvalue weighted by atomic mass is 15.1. The maximum atomic E-state index is 5.80. The zero-order valence-corrected chi connectivity index (χ0v) is 9.35. The van der Waals surface area contributed by atoms with Crippen LogP contribution in [0.15, 0.2) is 60.3 Å². The van der Waals surface area contributed by atoms with Crippen LogP contribution in [0.5, 0.6) is 0 Å². The average molecular weight is 202 g/mol. The fourth-order valence-electron chi connectivity index (χ4n) is 1.28. The first-order valence-electron chi connectivity index (χ1n) is 5.11. The maximum absolute atomic E-state index is 5.80. The third-order valence-electron chi connectivity index (χ3n) is 1.99. The second kappa shape index (κ2) is 5.91. The minimum absolute atomic E-state index is 0.821. The van der Waals surface area contributed by atoms with Gasteiger partial charge in [0.15, 0.2) is 0 Å². The van der Waals surface area contributed by atoms with Gasteiger partial charge in [0.05, 0.1) is 0 Å². The molecule has 1 rings (SSSR count). The quantitative estimate of drug-likeness (QED) is 0.708. The van der Waals surface area contributed by atoms with Crippen LogP contribution in [0.2, 0.25) is 0 Å². The summed E-state index contributed by atoms with van der Waals surface area (Å²) in [5, 5.41) is 0. The average Bonchev–Trinajstić information content (AvgIpc) is 2.20. The van der Waals surface area contributed by atoms with Crippen molar-refractivity contribution in [1.29, 1.82) is 0 Å². The second-order valence-corrected chi connectivity index (χ2v) is 3.46. The minimum atomic E-state index is 0.821. The Morgan fingerprint density at radius 3 is 2.93 bits per heavy atom. The smallest absolute Gasteiger partial charge is 0.0279 e. The lowest BCUT2D eigenvalue weighted by molar-refractivity contribution is 0.687. The molecule has 0 radical (unpaired) electrons. The van der Waals surface area contributed by atoms with Gasteiger partial charge in [-0.05, 0) is 38.0 Å². The molecule has 80 valence electrons. The number of nitrogens with zero attached hydrogens (tertiary/aromatic N) is 1. The summed E-state index contributed by atoms with van der Waals surface area (Å²) in [4.78, 5) is 2.02. The van der Waals surface area contributed by atoms with Crippen molar-refractivity contribution in [3.8, 4) is 0 Å².